The lowest BCUT2D eigenvalue weighted by Crippen LogP contribution is -1.97. The smallest absolute Gasteiger partial charge is 0.347 e. The van der Waals surface area contributed by atoms with E-state index in [2.05, 4.69) is 5.32 Å². The van der Waals surface area contributed by atoms with Gasteiger partial charge in [-0.1, -0.05) is 11.3 Å². The number of thiophene rings is 1. The zero-order chi connectivity index (χ0) is 8.27. The van der Waals surface area contributed by atoms with Crippen LogP contribution in [0.15, 0.2) is 11.4 Å². The average molecular weight is 172 g/mol. The largest absolute Gasteiger partial charge is 0.379 e. The van der Waals surface area contributed by atoms with Crippen LogP contribution in [0.4, 0.5) is 10.7 Å². The second kappa shape index (κ2) is 3.34. The van der Waals surface area contributed by atoms with E-state index >= 15 is 0 Å². The molecule has 1 heterocycles. The van der Waals surface area contributed by atoms with E-state index in [1.807, 2.05) is 6.92 Å². The minimum absolute atomic E-state index is 0.187. The SMILES string of the molecule is CCNc1ccsc1[N+](=O)[O-]. The van der Waals surface area contributed by atoms with Gasteiger partial charge in [-0.15, -0.1) is 0 Å². The standard InChI is InChI=1S/C6H8N2O2S/c1-2-7-5-3-4-11-6(5)8(9)10/h3-4,7H,2H2,1H3. The lowest BCUT2D eigenvalue weighted by molar-refractivity contribution is -0.379. The maximum absolute atomic E-state index is 10.3. The minimum Gasteiger partial charge on any atom is -0.379 e. The lowest BCUT2D eigenvalue weighted by atomic mass is 10.5. The first-order valence-corrected chi connectivity index (χ1v) is 4.09. The van der Waals surface area contributed by atoms with Gasteiger partial charge in [-0.3, -0.25) is 10.1 Å². The van der Waals surface area contributed by atoms with Crippen molar-refractivity contribution in [3.63, 3.8) is 0 Å². The van der Waals surface area contributed by atoms with Gasteiger partial charge in [-0.05, 0) is 18.4 Å². The molecule has 0 radical (unpaired) electrons. The monoisotopic (exact) mass is 172 g/mol. The molecule has 1 rings (SSSR count). The first-order valence-electron chi connectivity index (χ1n) is 3.21. The summed E-state index contributed by atoms with van der Waals surface area (Å²) in [4.78, 5) is 9.96. The summed E-state index contributed by atoms with van der Waals surface area (Å²) < 4.78 is 0. The van der Waals surface area contributed by atoms with Crippen molar-refractivity contribution in [2.24, 2.45) is 0 Å². The van der Waals surface area contributed by atoms with E-state index in [1.165, 1.54) is 0 Å². The topological polar surface area (TPSA) is 55.2 Å². The molecule has 0 aromatic carbocycles. The maximum atomic E-state index is 10.3. The van der Waals surface area contributed by atoms with Crippen molar-refractivity contribution in [3.05, 3.63) is 21.6 Å². The molecule has 1 aromatic heterocycles. The van der Waals surface area contributed by atoms with Crippen molar-refractivity contribution in [3.8, 4) is 0 Å². The molecule has 1 aromatic rings. The molecule has 0 fully saturated rings. The van der Waals surface area contributed by atoms with Crippen LogP contribution in [0.2, 0.25) is 0 Å². The molecule has 0 atom stereocenters. The fraction of sp³-hybridized carbons (Fsp3) is 0.333. The molecular weight excluding hydrogens is 164 g/mol. The molecule has 0 unspecified atom stereocenters. The Morgan fingerprint density at radius 3 is 3.09 bits per heavy atom. The van der Waals surface area contributed by atoms with Gasteiger partial charge in [0.1, 0.15) is 5.69 Å². The van der Waals surface area contributed by atoms with Crippen LogP contribution in [0, 0.1) is 10.1 Å². The molecular formula is C6H8N2O2S. The molecule has 0 aliphatic rings. The zero-order valence-corrected chi connectivity index (χ0v) is 6.85. The fourth-order valence-corrected chi connectivity index (χ4v) is 1.45. The predicted octanol–water partition coefficient (Wildman–Crippen LogP) is 2.09. The van der Waals surface area contributed by atoms with Crippen LogP contribution in [0.1, 0.15) is 6.92 Å². The van der Waals surface area contributed by atoms with Crippen LogP contribution in [0.25, 0.3) is 0 Å². The van der Waals surface area contributed by atoms with Crippen molar-refractivity contribution >= 4 is 22.0 Å². The van der Waals surface area contributed by atoms with Crippen LogP contribution in [-0.4, -0.2) is 11.5 Å². The van der Waals surface area contributed by atoms with Gasteiger partial charge in [0.2, 0.25) is 0 Å². The summed E-state index contributed by atoms with van der Waals surface area (Å²) in [5.41, 5.74) is 0.613. The van der Waals surface area contributed by atoms with Crippen molar-refractivity contribution in [2.75, 3.05) is 11.9 Å². The van der Waals surface area contributed by atoms with Crippen LogP contribution < -0.4 is 5.32 Å². The Kier molecular flexibility index (Phi) is 2.43. The molecule has 0 amide bonds. The van der Waals surface area contributed by atoms with Gasteiger partial charge in [0.05, 0.1) is 4.92 Å². The van der Waals surface area contributed by atoms with E-state index < -0.39 is 0 Å². The highest BCUT2D eigenvalue weighted by Crippen LogP contribution is 2.29. The summed E-state index contributed by atoms with van der Waals surface area (Å²) in [6, 6.07) is 1.71. The number of nitro groups is 1. The van der Waals surface area contributed by atoms with Crippen LogP contribution in [0.3, 0.4) is 0 Å². The quantitative estimate of drug-likeness (QED) is 0.561. The Morgan fingerprint density at radius 1 is 1.82 bits per heavy atom. The van der Waals surface area contributed by atoms with Crippen molar-refractivity contribution in [2.45, 2.75) is 6.92 Å². The third-order valence-electron chi connectivity index (χ3n) is 1.18. The van der Waals surface area contributed by atoms with Gasteiger partial charge in [0.15, 0.2) is 0 Å². The zero-order valence-electron chi connectivity index (χ0n) is 6.03. The van der Waals surface area contributed by atoms with Crippen molar-refractivity contribution < 1.29 is 4.92 Å². The van der Waals surface area contributed by atoms with E-state index in [1.54, 1.807) is 11.4 Å². The Morgan fingerprint density at radius 2 is 2.55 bits per heavy atom. The molecule has 0 saturated carbocycles. The number of anilines is 1. The molecule has 5 heteroatoms. The van der Waals surface area contributed by atoms with E-state index in [9.17, 15) is 10.1 Å². The second-order valence-corrected chi connectivity index (χ2v) is 2.82. The molecule has 60 valence electrons. The molecule has 0 aliphatic heterocycles. The molecule has 0 bridgehead atoms. The van der Waals surface area contributed by atoms with Gasteiger partial charge in [-0.25, -0.2) is 0 Å². The summed E-state index contributed by atoms with van der Waals surface area (Å²) in [6.45, 7) is 2.61. The van der Waals surface area contributed by atoms with Crippen molar-refractivity contribution in [1.29, 1.82) is 0 Å². The molecule has 0 saturated heterocycles. The van der Waals surface area contributed by atoms with E-state index in [0.29, 0.717) is 12.2 Å². The highest BCUT2D eigenvalue weighted by atomic mass is 32.1. The van der Waals surface area contributed by atoms with Gasteiger partial charge in [0.25, 0.3) is 0 Å². The molecule has 1 N–H and O–H groups in total. The van der Waals surface area contributed by atoms with Gasteiger partial charge >= 0.3 is 5.00 Å². The Bertz CT molecular complexity index is 259. The highest BCUT2D eigenvalue weighted by molar-refractivity contribution is 7.14. The number of hydrogen-bond acceptors (Lipinski definition) is 4. The number of nitrogens with one attached hydrogen (secondary N) is 1. The fourth-order valence-electron chi connectivity index (χ4n) is 0.768. The third-order valence-corrected chi connectivity index (χ3v) is 2.04. The van der Waals surface area contributed by atoms with Gasteiger partial charge < -0.3 is 5.32 Å². The van der Waals surface area contributed by atoms with Crippen LogP contribution in [0.5, 0.6) is 0 Å². The number of hydrogen-bond donors (Lipinski definition) is 1. The summed E-state index contributed by atoms with van der Waals surface area (Å²) >= 11 is 1.14. The Hall–Kier alpha value is -1.10. The third kappa shape index (κ3) is 1.68. The van der Waals surface area contributed by atoms with E-state index in [-0.39, 0.29) is 9.92 Å². The Labute approximate surface area is 68.0 Å². The van der Waals surface area contributed by atoms with Crippen LogP contribution >= 0.6 is 11.3 Å². The molecule has 0 aliphatic carbocycles. The van der Waals surface area contributed by atoms with Crippen molar-refractivity contribution in [1.82, 2.24) is 0 Å². The summed E-state index contributed by atoms with van der Waals surface area (Å²) in [5, 5.41) is 15.1. The van der Waals surface area contributed by atoms with Gasteiger partial charge in [0, 0.05) is 6.54 Å². The summed E-state index contributed by atoms with van der Waals surface area (Å²) in [6.07, 6.45) is 0. The Balaban J connectivity index is 2.87. The lowest BCUT2D eigenvalue weighted by Gasteiger charge is -1.96. The minimum atomic E-state index is -0.372. The highest BCUT2D eigenvalue weighted by Gasteiger charge is 2.13. The molecule has 11 heavy (non-hydrogen) atoms. The van der Waals surface area contributed by atoms with Gasteiger partial charge in [-0.2, -0.15) is 0 Å². The first-order chi connectivity index (χ1) is 5.25. The van der Waals surface area contributed by atoms with Crippen LogP contribution in [-0.2, 0) is 0 Å². The first kappa shape index (κ1) is 8.00. The maximum Gasteiger partial charge on any atom is 0.347 e. The van der Waals surface area contributed by atoms with E-state index in [0.717, 1.165) is 11.3 Å². The number of rotatable bonds is 3. The predicted molar refractivity (Wildman–Crippen MR) is 45.1 cm³/mol. The number of nitrogens with zero attached hydrogens (tertiary/aromatic N) is 1. The van der Waals surface area contributed by atoms with E-state index in [4.69, 9.17) is 0 Å². The molecule has 0 spiro atoms. The normalized spacial score (nSPS) is 9.55. The molecule has 4 nitrogen and oxygen atoms in total. The second-order valence-electron chi connectivity index (χ2n) is 1.93. The summed E-state index contributed by atoms with van der Waals surface area (Å²) in [5.74, 6) is 0. The average Bonchev–Trinajstić information content (AvgIpc) is 2.36. The summed E-state index contributed by atoms with van der Waals surface area (Å²) in [7, 11) is 0.